The zero-order chi connectivity index (χ0) is 26.5. The number of anilines is 3. The van der Waals surface area contributed by atoms with Crippen LogP contribution in [0.3, 0.4) is 0 Å². The number of hydrogen-bond donors (Lipinski definition) is 3. The largest absolute Gasteiger partial charge is 0.444 e. The standard InChI is InChI=1S/C24H23F2N7O4/c1-13(2)20-19(31-24(35)37-11-14-4-6-27-7-5-14)10-33-21(20)22(28-12-29-33)30-18-8-15(23(34)32-36-3)16(25)9-17(18)26/h4-10,12-13H,11H2,1-3H3,(H,31,35)(H,32,34)(H,28,29,30). The van der Waals surface area contributed by atoms with E-state index in [9.17, 15) is 18.4 Å². The molecule has 0 bridgehead atoms. The Morgan fingerprint density at radius 2 is 1.86 bits per heavy atom. The van der Waals surface area contributed by atoms with E-state index in [4.69, 9.17) is 4.74 Å². The first-order valence-electron chi connectivity index (χ1n) is 11.1. The number of rotatable bonds is 8. The number of hydroxylamine groups is 1. The summed E-state index contributed by atoms with van der Waals surface area (Å²) in [6, 6.07) is 5.04. The van der Waals surface area contributed by atoms with Crippen LogP contribution in [0.5, 0.6) is 0 Å². The molecule has 0 unspecified atom stereocenters. The summed E-state index contributed by atoms with van der Waals surface area (Å²) in [6.45, 7) is 3.84. The molecule has 1 aromatic carbocycles. The molecule has 11 nitrogen and oxygen atoms in total. The van der Waals surface area contributed by atoms with Gasteiger partial charge in [0.25, 0.3) is 5.91 Å². The number of aromatic nitrogens is 4. The number of carbonyl (C=O) groups is 2. The molecule has 37 heavy (non-hydrogen) atoms. The van der Waals surface area contributed by atoms with E-state index in [2.05, 4.69) is 30.5 Å². The summed E-state index contributed by atoms with van der Waals surface area (Å²) < 4.78 is 35.6. The molecule has 0 spiro atoms. The lowest BCUT2D eigenvalue weighted by Crippen LogP contribution is -2.23. The third kappa shape index (κ3) is 5.62. The minimum Gasteiger partial charge on any atom is -0.444 e. The highest BCUT2D eigenvalue weighted by Gasteiger charge is 2.22. The van der Waals surface area contributed by atoms with Crippen molar-refractivity contribution in [2.75, 3.05) is 17.7 Å². The number of ether oxygens (including phenoxy) is 1. The van der Waals surface area contributed by atoms with Crippen LogP contribution < -0.4 is 16.1 Å². The van der Waals surface area contributed by atoms with Crippen LogP contribution in [0.1, 0.15) is 41.3 Å². The number of nitrogens with one attached hydrogen (secondary N) is 3. The molecule has 0 atom stereocenters. The smallest absolute Gasteiger partial charge is 0.412 e. The van der Waals surface area contributed by atoms with E-state index < -0.39 is 29.2 Å². The SMILES string of the molecule is CONC(=O)c1cc(Nc2ncnn3cc(NC(=O)OCc4ccncc4)c(C(C)C)c23)c(F)cc1F. The predicted octanol–water partition coefficient (Wildman–Crippen LogP) is 4.31. The molecule has 0 aliphatic heterocycles. The number of amides is 2. The second-order valence-electron chi connectivity index (χ2n) is 8.14. The quantitative estimate of drug-likeness (QED) is 0.298. The minimum atomic E-state index is -1.06. The van der Waals surface area contributed by atoms with E-state index in [1.807, 2.05) is 19.3 Å². The molecule has 0 aliphatic carbocycles. The summed E-state index contributed by atoms with van der Waals surface area (Å²) in [5.41, 5.74) is 3.62. The first kappa shape index (κ1) is 25.4. The number of hydrogen-bond acceptors (Lipinski definition) is 8. The van der Waals surface area contributed by atoms with Crippen LogP contribution in [0.2, 0.25) is 0 Å². The average molecular weight is 511 g/mol. The molecule has 0 saturated heterocycles. The molecular formula is C24H23F2N7O4. The number of halogens is 2. The highest BCUT2D eigenvalue weighted by atomic mass is 19.1. The fraction of sp³-hybridized carbons (Fsp3) is 0.208. The van der Waals surface area contributed by atoms with Gasteiger partial charge in [-0.25, -0.2) is 28.6 Å². The summed E-state index contributed by atoms with van der Waals surface area (Å²) in [4.78, 5) is 37.2. The average Bonchev–Trinajstić information content (AvgIpc) is 3.24. The van der Waals surface area contributed by atoms with E-state index in [1.54, 1.807) is 30.7 Å². The zero-order valence-corrected chi connectivity index (χ0v) is 20.1. The minimum absolute atomic E-state index is 0.0498. The molecular weight excluding hydrogens is 488 g/mol. The maximum atomic E-state index is 14.6. The second kappa shape index (κ2) is 11.0. The zero-order valence-electron chi connectivity index (χ0n) is 20.1. The van der Waals surface area contributed by atoms with Gasteiger partial charge < -0.3 is 10.1 Å². The lowest BCUT2D eigenvalue weighted by atomic mass is 10.0. The van der Waals surface area contributed by atoms with Gasteiger partial charge in [0, 0.05) is 24.0 Å². The molecule has 3 N–H and O–H groups in total. The lowest BCUT2D eigenvalue weighted by molar-refractivity contribution is 0.0533. The third-order valence-electron chi connectivity index (χ3n) is 5.30. The number of benzene rings is 1. The summed E-state index contributed by atoms with van der Waals surface area (Å²) >= 11 is 0. The van der Waals surface area contributed by atoms with Gasteiger partial charge in [0.05, 0.1) is 30.2 Å². The van der Waals surface area contributed by atoms with Crippen LogP contribution in [0.25, 0.3) is 5.52 Å². The molecule has 13 heteroatoms. The molecule has 4 aromatic rings. The normalized spacial score (nSPS) is 11.0. The summed E-state index contributed by atoms with van der Waals surface area (Å²) in [7, 11) is 1.19. The van der Waals surface area contributed by atoms with E-state index in [0.29, 0.717) is 22.8 Å². The molecule has 4 rings (SSSR count). The second-order valence-corrected chi connectivity index (χ2v) is 8.14. The first-order valence-corrected chi connectivity index (χ1v) is 11.1. The topological polar surface area (TPSA) is 132 Å². The van der Waals surface area contributed by atoms with Crippen molar-refractivity contribution >= 4 is 34.7 Å². The molecule has 0 saturated carbocycles. The molecule has 3 aromatic heterocycles. The van der Waals surface area contributed by atoms with E-state index >= 15 is 0 Å². The van der Waals surface area contributed by atoms with Gasteiger partial charge in [0.2, 0.25) is 0 Å². The van der Waals surface area contributed by atoms with Crippen molar-refractivity contribution in [3.05, 3.63) is 77.5 Å². The van der Waals surface area contributed by atoms with Crippen molar-refractivity contribution in [2.24, 2.45) is 0 Å². The van der Waals surface area contributed by atoms with E-state index in [1.165, 1.54) is 18.0 Å². The monoisotopic (exact) mass is 511 g/mol. The van der Waals surface area contributed by atoms with Crippen molar-refractivity contribution in [3.63, 3.8) is 0 Å². The Kier molecular flexibility index (Phi) is 7.53. The Balaban J connectivity index is 1.66. The lowest BCUT2D eigenvalue weighted by Gasteiger charge is -2.14. The number of pyridine rings is 1. The van der Waals surface area contributed by atoms with E-state index in [-0.39, 0.29) is 24.0 Å². The van der Waals surface area contributed by atoms with Gasteiger partial charge in [-0.3, -0.25) is 19.9 Å². The Morgan fingerprint density at radius 3 is 2.57 bits per heavy atom. The van der Waals surface area contributed by atoms with Crippen LogP contribution in [-0.2, 0) is 16.2 Å². The van der Waals surface area contributed by atoms with Crippen molar-refractivity contribution in [3.8, 4) is 0 Å². The maximum absolute atomic E-state index is 14.6. The van der Waals surface area contributed by atoms with Gasteiger partial charge in [0.1, 0.15) is 30.1 Å². The summed E-state index contributed by atoms with van der Waals surface area (Å²) in [5.74, 6) is -2.86. The van der Waals surface area contributed by atoms with Crippen molar-refractivity contribution in [1.82, 2.24) is 25.1 Å². The summed E-state index contributed by atoms with van der Waals surface area (Å²) in [5, 5.41) is 9.71. The highest BCUT2D eigenvalue weighted by Crippen LogP contribution is 2.35. The number of nitrogens with zero attached hydrogens (tertiary/aromatic N) is 4. The van der Waals surface area contributed by atoms with Crippen LogP contribution in [-0.4, -0.2) is 38.7 Å². The van der Waals surface area contributed by atoms with Crippen molar-refractivity contribution in [2.45, 2.75) is 26.4 Å². The van der Waals surface area contributed by atoms with E-state index in [0.717, 1.165) is 11.6 Å². The first-order chi connectivity index (χ1) is 17.8. The van der Waals surface area contributed by atoms with Gasteiger partial charge in [-0.05, 0) is 29.7 Å². The van der Waals surface area contributed by atoms with Crippen LogP contribution in [0.4, 0.5) is 30.8 Å². The Hall–Kier alpha value is -4.65. The van der Waals surface area contributed by atoms with Crippen LogP contribution in [0, 0.1) is 11.6 Å². The van der Waals surface area contributed by atoms with Gasteiger partial charge in [-0.1, -0.05) is 13.8 Å². The third-order valence-corrected chi connectivity index (χ3v) is 5.30. The Labute approximate surface area is 209 Å². The Bertz CT molecular complexity index is 1440. The molecule has 3 heterocycles. The summed E-state index contributed by atoms with van der Waals surface area (Å²) in [6.07, 6.45) is 5.31. The molecule has 192 valence electrons. The predicted molar refractivity (Wildman–Crippen MR) is 129 cm³/mol. The van der Waals surface area contributed by atoms with Gasteiger partial charge in [-0.2, -0.15) is 5.10 Å². The highest BCUT2D eigenvalue weighted by molar-refractivity contribution is 5.95. The maximum Gasteiger partial charge on any atom is 0.412 e. The number of fused-ring (bicyclic) bond motifs is 1. The molecule has 2 amide bonds. The van der Waals surface area contributed by atoms with Crippen LogP contribution in [0.15, 0.2) is 49.2 Å². The molecule has 0 fully saturated rings. The fourth-order valence-corrected chi connectivity index (χ4v) is 3.68. The van der Waals surface area contributed by atoms with Gasteiger partial charge >= 0.3 is 6.09 Å². The Morgan fingerprint density at radius 1 is 1.11 bits per heavy atom. The number of carbonyl (C=O) groups excluding carboxylic acids is 2. The van der Waals surface area contributed by atoms with Gasteiger partial charge in [-0.15, -0.1) is 0 Å². The van der Waals surface area contributed by atoms with Crippen molar-refractivity contribution < 1.29 is 27.9 Å². The molecule has 0 aliphatic rings. The van der Waals surface area contributed by atoms with Crippen molar-refractivity contribution in [1.29, 1.82) is 0 Å². The van der Waals surface area contributed by atoms with Gasteiger partial charge in [0.15, 0.2) is 5.82 Å². The van der Waals surface area contributed by atoms with Crippen LogP contribution >= 0.6 is 0 Å². The molecule has 0 radical (unpaired) electrons. The fourth-order valence-electron chi connectivity index (χ4n) is 3.68.